The Morgan fingerprint density at radius 2 is 1.96 bits per heavy atom. The van der Waals surface area contributed by atoms with Crippen LogP contribution in [0.3, 0.4) is 0 Å². The third-order valence-electron chi connectivity index (χ3n) is 5.20. The van der Waals surface area contributed by atoms with Gasteiger partial charge in [0.15, 0.2) is 0 Å². The summed E-state index contributed by atoms with van der Waals surface area (Å²) in [5.41, 5.74) is 4.02. The van der Waals surface area contributed by atoms with Crippen LogP contribution in [0.4, 0.5) is 0 Å². The number of hydrogen-bond donors (Lipinski definition) is 0. The van der Waals surface area contributed by atoms with Gasteiger partial charge in [-0.15, -0.1) is 0 Å². The normalized spacial score (nSPS) is 17.3. The Bertz CT molecular complexity index is 814. The molecule has 1 atom stereocenters. The Morgan fingerprint density at radius 1 is 1.26 bits per heavy atom. The predicted molar refractivity (Wildman–Crippen MR) is 108 cm³/mol. The number of aromatic nitrogens is 2. The van der Waals surface area contributed by atoms with Crippen LogP contribution < -0.4 is 0 Å². The SMILES string of the molecule is Cc1nc(C2CCN(Cc3cccc(Cl)c3)C2)nc(C)c1CC(=O)N(C)C. The number of carbonyl (C=O) groups is 1. The van der Waals surface area contributed by atoms with Gasteiger partial charge in [-0.05, 0) is 44.5 Å². The minimum Gasteiger partial charge on any atom is -0.349 e. The lowest BCUT2D eigenvalue weighted by Gasteiger charge is -2.17. The minimum atomic E-state index is 0.0751. The predicted octanol–water partition coefficient (Wildman–Crippen LogP) is 3.37. The van der Waals surface area contributed by atoms with Gasteiger partial charge >= 0.3 is 0 Å². The second kappa shape index (κ2) is 8.36. The fourth-order valence-corrected chi connectivity index (χ4v) is 3.81. The summed E-state index contributed by atoms with van der Waals surface area (Å²) in [5, 5.41) is 0.778. The summed E-state index contributed by atoms with van der Waals surface area (Å²) in [6.45, 7) is 6.83. The van der Waals surface area contributed by atoms with Crippen LogP contribution in [0.15, 0.2) is 24.3 Å². The van der Waals surface area contributed by atoms with Crippen molar-refractivity contribution in [1.82, 2.24) is 19.8 Å². The van der Waals surface area contributed by atoms with Crippen LogP contribution in [0.1, 0.15) is 40.7 Å². The molecule has 1 aliphatic heterocycles. The highest BCUT2D eigenvalue weighted by Crippen LogP contribution is 2.27. The number of rotatable bonds is 5. The van der Waals surface area contributed by atoms with Gasteiger partial charge in [0.1, 0.15) is 5.82 Å². The van der Waals surface area contributed by atoms with E-state index in [2.05, 4.69) is 11.0 Å². The van der Waals surface area contributed by atoms with E-state index >= 15 is 0 Å². The number of aryl methyl sites for hydroxylation is 2. The molecule has 5 nitrogen and oxygen atoms in total. The molecular weight excluding hydrogens is 360 g/mol. The summed E-state index contributed by atoms with van der Waals surface area (Å²) < 4.78 is 0. The summed E-state index contributed by atoms with van der Waals surface area (Å²) >= 11 is 6.09. The first-order valence-electron chi connectivity index (χ1n) is 9.34. The number of carbonyl (C=O) groups excluding carboxylic acids is 1. The zero-order valence-corrected chi connectivity index (χ0v) is 17.3. The van der Waals surface area contributed by atoms with E-state index in [9.17, 15) is 4.79 Å². The van der Waals surface area contributed by atoms with Crippen LogP contribution in [0.5, 0.6) is 0 Å². The van der Waals surface area contributed by atoms with Crippen molar-refractivity contribution in [2.24, 2.45) is 0 Å². The Morgan fingerprint density at radius 3 is 2.59 bits per heavy atom. The maximum Gasteiger partial charge on any atom is 0.226 e. The van der Waals surface area contributed by atoms with Crippen molar-refractivity contribution < 1.29 is 4.79 Å². The lowest BCUT2D eigenvalue weighted by Crippen LogP contribution is -2.25. The molecule has 1 fully saturated rings. The van der Waals surface area contributed by atoms with Crippen LogP contribution in [0.25, 0.3) is 0 Å². The van der Waals surface area contributed by atoms with Gasteiger partial charge in [0.2, 0.25) is 5.91 Å². The van der Waals surface area contributed by atoms with E-state index in [1.165, 1.54) is 5.56 Å². The van der Waals surface area contributed by atoms with Crippen molar-refractivity contribution in [2.45, 2.75) is 39.2 Å². The number of likely N-dealkylation sites (N-methyl/N-ethyl adjacent to an activating group) is 1. The maximum atomic E-state index is 12.1. The van der Waals surface area contributed by atoms with E-state index in [-0.39, 0.29) is 5.91 Å². The lowest BCUT2D eigenvalue weighted by atomic mass is 10.0. The third-order valence-corrected chi connectivity index (χ3v) is 5.43. The van der Waals surface area contributed by atoms with Gasteiger partial charge in [-0.1, -0.05) is 23.7 Å². The highest BCUT2D eigenvalue weighted by Gasteiger charge is 2.27. The van der Waals surface area contributed by atoms with Crippen LogP contribution in [-0.4, -0.2) is 52.9 Å². The largest absolute Gasteiger partial charge is 0.349 e. The molecule has 0 spiro atoms. The standard InChI is InChI=1S/C21H27ClN4O/c1-14-19(11-20(27)25(3)4)15(2)24-21(23-14)17-8-9-26(13-17)12-16-6-5-7-18(22)10-16/h5-7,10,17H,8-9,11-13H2,1-4H3. The Labute approximate surface area is 166 Å². The quantitative estimate of drug-likeness (QED) is 0.790. The van der Waals surface area contributed by atoms with E-state index < -0.39 is 0 Å². The first-order valence-corrected chi connectivity index (χ1v) is 9.72. The average Bonchev–Trinajstić information content (AvgIpc) is 3.06. The van der Waals surface area contributed by atoms with Crippen molar-refractivity contribution in [3.63, 3.8) is 0 Å². The molecule has 0 N–H and O–H groups in total. The summed E-state index contributed by atoms with van der Waals surface area (Å²) in [6.07, 6.45) is 1.41. The number of benzene rings is 1. The number of amides is 1. The molecule has 1 aromatic heterocycles. The van der Waals surface area contributed by atoms with Crippen molar-refractivity contribution in [3.05, 3.63) is 57.6 Å². The molecule has 2 aromatic rings. The molecule has 1 aliphatic rings. The fraction of sp³-hybridized carbons (Fsp3) is 0.476. The van der Waals surface area contributed by atoms with Crippen molar-refractivity contribution in [3.8, 4) is 0 Å². The number of hydrogen-bond acceptors (Lipinski definition) is 4. The van der Waals surface area contributed by atoms with Gasteiger partial charge in [-0.3, -0.25) is 9.69 Å². The second-order valence-corrected chi connectivity index (χ2v) is 7.98. The molecule has 0 saturated carbocycles. The second-order valence-electron chi connectivity index (χ2n) is 7.55. The summed E-state index contributed by atoms with van der Waals surface area (Å²) in [7, 11) is 3.55. The molecule has 144 valence electrons. The molecule has 27 heavy (non-hydrogen) atoms. The van der Waals surface area contributed by atoms with Gasteiger partial charge in [0.25, 0.3) is 0 Å². The molecule has 1 amide bonds. The molecular formula is C21H27ClN4O. The zero-order chi connectivity index (χ0) is 19.6. The highest BCUT2D eigenvalue weighted by molar-refractivity contribution is 6.30. The van der Waals surface area contributed by atoms with E-state index in [0.29, 0.717) is 12.3 Å². The Balaban J connectivity index is 1.69. The summed E-state index contributed by atoms with van der Waals surface area (Å²) in [5.74, 6) is 1.31. The van der Waals surface area contributed by atoms with Crippen molar-refractivity contribution >= 4 is 17.5 Å². The van der Waals surface area contributed by atoms with E-state index in [4.69, 9.17) is 21.6 Å². The smallest absolute Gasteiger partial charge is 0.226 e. The number of halogens is 1. The maximum absolute atomic E-state index is 12.1. The Hall–Kier alpha value is -1.98. The van der Waals surface area contributed by atoms with Crippen LogP contribution in [0, 0.1) is 13.8 Å². The lowest BCUT2D eigenvalue weighted by molar-refractivity contribution is -0.128. The van der Waals surface area contributed by atoms with Gasteiger partial charge in [0, 0.05) is 55.1 Å². The molecule has 3 rings (SSSR count). The summed E-state index contributed by atoms with van der Waals surface area (Å²) in [6, 6.07) is 8.03. The van der Waals surface area contributed by atoms with Gasteiger partial charge in [-0.25, -0.2) is 9.97 Å². The number of likely N-dealkylation sites (tertiary alicyclic amines) is 1. The van der Waals surface area contributed by atoms with Crippen LogP contribution >= 0.6 is 11.6 Å². The molecule has 2 heterocycles. The minimum absolute atomic E-state index is 0.0751. The van der Waals surface area contributed by atoms with Crippen molar-refractivity contribution in [2.75, 3.05) is 27.2 Å². The van der Waals surface area contributed by atoms with Crippen LogP contribution in [-0.2, 0) is 17.8 Å². The van der Waals surface area contributed by atoms with E-state index in [1.807, 2.05) is 32.0 Å². The van der Waals surface area contributed by atoms with Crippen molar-refractivity contribution in [1.29, 1.82) is 0 Å². The molecule has 0 aliphatic carbocycles. The summed E-state index contributed by atoms with van der Waals surface area (Å²) in [4.78, 5) is 25.6. The molecule has 0 radical (unpaired) electrons. The first-order chi connectivity index (χ1) is 12.8. The topological polar surface area (TPSA) is 49.3 Å². The van der Waals surface area contributed by atoms with Gasteiger partial charge in [-0.2, -0.15) is 0 Å². The number of nitrogens with zero attached hydrogens (tertiary/aromatic N) is 4. The highest BCUT2D eigenvalue weighted by atomic mass is 35.5. The molecule has 1 unspecified atom stereocenters. The average molecular weight is 387 g/mol. The van der Waals surface area contributed by atoms with Gasteiger partial charge in [0.05, 0.1) is 6.42 Å². The van der Waals surface area contributed by atoms with E-state index in [1.54, 1.807) is 19.0 Å². The monoisotopic (exact) mass is 386 g/mol. The Kier molecular flexibility index (Phi) is 6.12. The molecule has 0 bridgehead atoms. The van der Waals surface area contributed by atoms with E-state index in [0.717, 1.165) is 53.9 Å². The third kappa shape index (κ3) is 4.85. The van der Waals surface area contributed by atoms with Crippen LogP contribution in [0.2, 0.25) is 5.02 Å². The molecule has 1 aromatic carbocycles. The first kappa shape index (κ1) is 19.8. The molecule has 6 heteroatoms. The van der Waals surface area contributed by atoms with Gasteiger partial charge < -0.3 is 4.90 Å². The molecule has 1 saturated heterocycles. The zero-order valence-electron chi connectivity index (χ0n) is 16.5. The fourth-order valence-electron chi connectivity index (χ4n) is 3.59.